The topological polar surface area (TPSA) is 80.0 Å². The van der Waals surface area contributed by atoms with Crippen LogP contribution in [0, 0.1) is 5.92 Å². The van der Waals surface area contributed by atoms with Crippen LogP contribution in [0.5, 0.6) is 0 Å². The Morgan fingerprint density at radius 2 is 2.00 bits per heavy atom. The minimum Gasteiger partial charge on any atom is -0.396 e. The minimum atomic E-state index is -0.348. The van der Waals surface area contributed by atoms with E-state index in [1.54, 1.807) is 22.9 Å². The van der Waals surface area contributed by atoms with Crippen molar-refractivity contribution in [3.63, 3.8) is 0 Å². The van der Waals surface area contributed by atoms with Gasteiger partial charge in [0.15, 0.2) is 0 Å². The molecule has 0 spiro atoms. The molecule has 2 aromatic rings. The first kappa shape index (κ1) is 19.1. The van der Waals surface area contributed by atoms with E-state index in [1.165, 1.54) is 0 Å². The number of benzene rings is 1. The van der Waals surface area contributed by atoms with Crippen molar-refractivity contribution < 1.29 is 9.90 Å². The smallest absolute Gasteiger partial charge is 0.291 e. The summed E-state index contributed by atoms with van der Waals surface area (Å²) in [6, 6.07) is 5.14. The molecule has 0 aliphatic heterocycles. The van der Waals surface area contributed by atoms with Crippen molar-refractivity contribution in [1.82, 2.24) is 20.1 Å². The number of aliphatic hydroxyl groups excluding tert-OH is 1. The van der Waals surface area contributed by atoms with E-state index in [9.17, 15) is 9.90 Å². The molecule has 1 aromatic carbocycles. The van der Waals surface area contributed by atoms with Crippen molar-refractivity contribution in [2.75, 3.05) is 6.61 Å². The Kier molecular flexibility index (Phi) is 5.85. The molecular weight excluding hydrogens is 375 g/mol. The number of para-hydroxylation sites is 1. The minimum absolute atomic E-state index is 0.0214. The molecule has 8 heteroatoms. The van der Waals surface area contributed by atoms with Gasteiger partial charge in [0.05, 0.1) is 10.0 Å². The Labute approximate surface area is 162 Å². The number of aromatic nitrogens is 3. The van der Waals surface area contributed by atoms with Gasteiger partial charge in [0.1, 0.15) is 11.5 Å². The fourth-order valence-corrected chi connectivity index (χ4v) is 3.50. The predicted molar refractivity (Wildman–Crippen MR) is 101 cm³/mol. The molecule has 0 bridgehead atoms. The Morgan fingerprint density at radius 1 is 1.35 bits per heavy atom. The molecule has 1 saturated carbocycles. The molecule has 0 saturated heterocycles. The van der Waals surface area contributed by atoms with E-state index in [1.807, 2.05) is 13.8 Å². The number of aliphatic hydroxyl groups is 1. The number of hydrogen-bond donors (Lipinski definition) is 2. The molecule has 1 aliphatic rings. The van der Waals surface area contributed by atoms with Crippen LogP contribution >= 0.6 is 23.2 Å². The summed E-state index contributed by atoms with van der Waals surface area (Å²) in [5.74, 6) is 0.784. The highest BCUT2D eigenvalue weighted by atomic mass is 35.5. The summed E-state index contributed by atoms with van der Waals surface area (Å²) >= 11 is 12.6. The van der Waals surface area contributed by atoms with Gasteiger partial charge in [-0.1, -0.05) is 43.1 Å². The second kappa shape index (κ2) is 7.94. The van der Waals surface area contributed by atoms with Gasteiger partial charge in [-0.15, -0.1) is 5.10 Å². The van der Waals surface area contributed by atoms with Gasteiger partial charge in [-0.3, -0.25) is 4.79 Å². The third-order valence-electron chi connectivity index (χ3n) is 4.45. The van der Waals surface area contributed by atoms with Gasteiger partial charge >= 0.3 is 0 Å². The fourth-order valence-electron chi connectivity index (χ4n) is 2.95. The van der Waals surface area contributed by atoms with E-state index in [-0.39, 0.29) is 30.3 Å². The third kappa shape index (κ3) is 4.03. The second-order valence-corrected chi connectivity index (χ2v) is 7.67. The van der Waals surface area contributed by atoms with Gasteiger partial charge in [-0.25, -0.2) is 9.67 Å². The summed E-state index contributed by atoms with van der Waals surface area (Å²) in [5, 5.41) is 17.4. The van der Waals surface area contributed by atoms with Gasteiger partial charge in [-0.2, -0.15) is 0 Å². The summed E-state index contributed by atoms with van der Waals surface area (Å²) in [7, 11) is 0. The number of carbonyl (C=O) groups is 1. The van der Waals surface area contributed by atoms with Crippen LogP contribution in [0.25, 0.3) is 5.69 Å². The zero-order valence-corrected chi connectivity index (χ0v) is 16.3. The van der Waals surface area contributed by atoms with Gasteiger partial charge in [0.25, 0.3) is 5.91 Å². The Hall–Kier alpha value is -1.63. The fraction of sp³-hybridized carbons (Fsp3) is 0.500. The van der Waals surface area contributed by atoms with E-state index in [4.69, 9.17) is 23.2 Å². The maximum Gasteiger partial charge on any atom is 0.291 e. The molecule has 26 heavy (non-hydrogen) atoms. The van der Waals surface area contributed by atoms with Crippen LogP contribution in [-0.4, -0.2) is 38.4 Å². The lowest BCUT2D eigenvalue weighted by Gasteiger charge is -2.15. The van der Waals surface area contributed by atoms with Crippen molar-refractivity contribution in [1.29, 1.82) is 0 Å². The normalized spacial score (nSPS) is 15.3. The maximum atomic E-state index is 12.7. The number of nitrogens with one attached hydrogen (secondary N) is 1. The van der Waals surface area contributed by atoms with Crippen LogP contribution in [0.3, 0.4) is 0 Å². The van der Waals surface area contributed by atoms with Crippen molar-refractivity contribution in [2.45, 2.75) is 45.1 Å². The number of carbonyl (C=O) groups excluding carboxylic acids is 1. The first-order valence-electron chi connectivity index (χ1n) is 8.75. The molecule has 140 valence electrons. The van der Waals surface area contributed by atoms with Crippen LogP contribution in [0.2, 0.25) is 10.0 Å². The lowest BCUT2D eigenvalue weighted by atomic mass is 10.1. The second-order valence-electron chi connectivity index (χ2n) is 6.86. The third-order valence-corrected chi connectivity index (χ3v) is 5.06. The molecule has 1 aliphatic carbocycles. The molecule has 1 amide bonds. The van der Waals surface area contributed by atoms with E-state index < -0.39 is 0 Å². The first-order chi connectivity index (χ1) is 12.4. The Balaban J connectivity index is 1.93. The first-order valence-corrected chi connectivity index (χ1v) is 9.51. The van der Waals surface area contributed by atoms with Gasteiger partial charge in [-0.05, 0) is 37.3 Å². The van der Waals surface area contributed by atoms with E-state index in [0.29, 0.717) is 33.9 Å². The van der Waals surface area contributed by atoms with Crippen molar-refractivity contribution in [2.24, 2.45) is 5.92 Å². The highest BCUT2D eigenvalue weighted by Gasteiger charge is 2.33. The highest BCUT2D eigenvalue weighted by Crippen LogP contribution is 2.34. The number of rotatable bonds is 7. The number of hydrogen-bond acceptors (Lipinski definition) is 4. The predicted octanol–water partition coefficient (Wildman–Crippen LogP) is 3.59. The number of halogens is 2. The van der Waals surface area contributed by atoms with Gasteiger partial charge in [0, 0.05) is 18.6 Å². The summed E-state index contributed by atoms with van der Waals surface area (Å²) < 4.78 is 1.54. The van der Waals surface area contributed by atoms with Crippen LogP contribution in [0.1, 0.15) is 55.5 Å². The average molecular weight is 397 g/mol. The van der Waals surface area contributed by atoms with E-state index in [2.05, 4.69) is 15.4 Å². The summed E-state index contributed by atoms with van der Waals surface area (Å²) in [4.78, 5) is 17.1. The Morgan fingerprint density at radius 3 is 2.54 bits per heavy atom. The van der Waals surface area contributed by atoms with Crippen molar-refractivity contribution >= 4 is 29.1 Å². The summed E-state index contributed by atoms with van der Waals surface area (Å²) in [5.41, 5.74) is 0.514. The molecule has 6 nitrogen and oxygen atoms in total. The number of nitrogens with zero attached hydrogens (tertiary/aromatic N) is 3. The molecule has 1 heterocycles. The van der Waals surface area contributed by atoms with Crippen LogP contribution in [-0.2, 0) is 0 Å². The van der Waals surface area contributed by atoms with Crippen LogP contribution in [0.15, 0.2) is 18.2 Å². The van der Waals surface area contributed by atoms with Gasteiger partial charge < -0.3 is 10.4 Å². The monoisotopic (exact) mass is 396 g/mol. The molecule has 1 aromatic heterocycles. The summed E-state index contributed by atoms with van der Waals surface area (Å²) in [6.07, 6.45) is 2.67. The number of amides is 1. The lowest BCUT2D eigenvalue weighted by Crippen LogP contribution is -2.37. The molecule has 0 radical (unpaired) electrons. The summed E-state index contributed by atoms with van der Waals surface area (Å²) in [6.45, 7) is 3.97. The van der Waals surface area contributed by atoms with E-state index in [0.717, 1.165) is 12.8 Å². The zero-order chi connectivity index (χ0) is 18.8. The molecule has 1 fully saturated rings. The van der Waals surface area contributed by atoms with Crippen LogP contribution < -0.4 is 5.32 Å². The standard InChI is InChI=1S/C18H22Cl2N4O2/c1-10(2)17-22-16(18(26)21-14(8-9-25)11-6-7-11)23-24(17)15-12(19)4-3-5-13(15)20/h3-5,10-11,14,25H,6-9H2,1-2H3,(H,21,26). The van der Waals surface area contributed by atoms with Crippen LogP contribution in [0.4, 0.5) is 0 Å². The molecular formula is C18H22Cl2N4O2. The van der Waals surface area contributed by atoms with Crippen molar-refractivity contribution in [3.8, 4) is 5.69 Å². The lowest BCUT2D eigenvalue weighted by molar-refractivity contribution is 0.0913. The van der Waals surface area contributed by atoms with Gasteiger partial charge in [0.2, 0.25) is 5.82 Å². The average Bonchev–Trinajstić information content (AvgIpc) is 3.33. The highest BCUT2D eigenvalue weighted by molar-refractivity contribution is 6.37. The molecule has 2 N–H and O–H groups in total. The van der Waals surface area contributed by atoms with Crippen molar-refractivity contribution in [3.05, 3.63) is 39.9 Å². The molecule has 3 rings (SSSR count). The quantitative estimate of drug-likeness (QED) is 0.749. The maximum absolute atomic E-state index is 12.7. The molecule has 1 unspecified atom stereocenters. The largest absolute Gasteiger partial charge is 0.396 e. The SMILES string of the molecule is CC(C)c1nc(C(=O)NC(CCO)C2CC2)nn1-c1c(Cl)cccc1Cl. The molecule has 1 atom stereocenters. The zero-order valence-electron chi connectivity index (χ0n) is 14.7. The van der Waals surface area contributed by atoms with E-state index >= 15 is 0 Å². The Bertz CT molecular complexity index is 782.